The Labute approximate surface area is 171 Å². The number of nitrogens with one attached hydrogen (secondary N) is 2. The molecule has 2 N–H and O–H groups in total. The first-order valence-corrected chi connectivity index (χ1v) is 10.6. The third-order valence-corrected chi connectivity index (χ3v) is 6.74. The monoisotopic (exact) mass is 398 g/mol. The van der Waals surface area contributed by atoms with Gasteiger partial charge in [-0.1, -0.05) is 6.92 Å². The molecule has 8 heteroatoms. The molecule has 0 atom stereocenters. The lowest BCUT2D eigenvalue weighted by Gasteiger charge is -2.50. The summed E-state index contributed by atoms with van der Waals surface area (Å²) in [5, 5.41) is 7.29. The summed E-state index contributed by atoms with van der Waals surface area (Å²) in [7, 11) is 0. The number of hydrogen-bond acceptors (Lipinski definition) is 4. The molecule has 1 saturated heterocycles. The van der Waals surface area contributed by atoms with E-state index in [2.05, 4.69) is 20.2 Å². The van der Waals surface area contributed by atoms with E-state index in [1.165, 1.54) is 0 Å². The molecule has 2 amide bonds. The van der Waals surface area contributed by atoms with Crippen LogP contribution in [0, 0.1) is 13.8 Å². The molecule has 0 aromatic carbocycles. The quantitative estimate of drug-likeness (QED) is 0.823. The number of imidazole rings is 1. The van der Waals surface area contributed by atoms with Gasteiger partial charge in [-0.25, -0.2) is 4.98 Å². The number of rotatable bonds is 4. The van der Waals surface area contributed by atoms with Crippen molar-refractivity contribution in [1.29, 1.82) is 0 Å². The van der Waals surface area contributed by atoms with Crippen LogP contribution < -0.4 is 0 Å². The Hall–Kier alpha value is -2.64. The number of amides is 2. The van der Waals surface area contributed by atoms with Crippen LogP contribution in [0.1, 0.15) is 60.9 Å². The van der Waals surface area contributed by atoms with Gasteiger partial charge >= 0.3 is 0 Å². The number of carbonyl (C=O) groups is 2. The summed E-state index contributed by atoms with van der Waals surface area (Å²) in [4.78, 5) is 37.3. The van der Waals surface area contributed by atoms with Crippen LogP contribution in [0.5, 0.6) is 0 Å². The Morgan fingerprint density at radius 3 is 2.59 bits per heavy atom. The van der Waals surface area contributed by atoms with Crippen LogP contribution in [-0.2, 0) is 28.0 Å². The highest BCUT2D eigenvalue weighted by Gasteiger charge is 2.48. The third-order valence-electron chi connectivity index (χ3n) is 6.74. The fraction of sp³-hybridized carbons (Fsp3) is 0.619. The molecule has 156 valence electrons. The summed E-state index contributed by atoms with van der Waals surface area (Å²) in [6.07, 6.45) is 5.63. The number of hydrogen-bond donors (Lipinski definition) is 2. The molecular weight excluding hydrogens is 368 g/mol. The van der Waals surface area contributed by atoms with E-state index in [0.29, 0.717) is 38.9 Å². The van der Waals surface area contributed by atoms with Gasteiger partial charge in [0.15, 0.2) is 0 Å². The maximum absolute atomic E-state index is 12.8. The molecule has 2 aromatic rings. The largest absolute Gasteiger partial charge is 0.348 e. The van der Waals surface area contributed by atoms with Crippen molar-refractivity contribution in [2.75, 3.05) is 19.6 Å². The number of H-pyrrole nitrogens is 2. The van der Waals surface area contributed by atoms with E-state index >= 15 is 0 Å². The Bertz CT molecular complexity index is 906. The predicted molar refractivity (Wildman–Crippen MR) is 108 cm³/mol. The first kappa shape index (κ1) is 19.7. The van der Waals surface area contributed by atoms with Gasteiger partial charge in [-0.05, 0) is 32.3 Å². The second-order valence-electron chi connectivity index (χ2n) is 8.21. The average molecular weight is 399 g/mol. The highest BCUT2D eigenvalue weighted by atomic mass is 16.2. The number of piperidine rings is 1. The first-order chi connectivity index (χ1) is 14.0. The summed E-state index contributed by atoms with van der Waals surface area (Å²) in [5.41, 5.74) is 4.91. The van der Waals surface area contributed by atoms with E-state index in [1.807, 2.05) is 30.6 Å². The molecule has 0 saturated carbocycles. The zero-order valence-electron chi connectivity index (χ0n) is 17.5. The lowest BCUT2D eigenvalue weighted by molar-refractivity contribution is -0.144. The van der Waals surface area contributed by atoms with Crippen molar-refractivity contribution >= 4 is 11.8 Å². The maximum atomic E-state index is 12.8. The Morgan fingerprint density at radius 2 is 1.93 bits per heavy atom. The van der Waals surface area contributed by atoms with Crippen LogP contribution >= 0.6 is 0 Å². The molecule has 1 spiro atoms. The van der Waals surface area contributed by atoms with Crippen molar-refractivity contribution in [3.8, 4) is 0 Å². The van der Waals surface area contributed by atoms with Crippen LogP contribution in [-0.4, -0.2) is 61.4 Å². The van der Waals surface area contributed by atoms with Crippen molar-refractivity contribution in [3.05, 3.63) is 34.7 Å². The zero-order chi connectivity index (χ0) is 20.6. The SMILES string of the molecule is CCC(=O)N1CCc2[nH]cnc2C12CCN(C(=O)CCc1n[nH]c(C)c1C)CC2. The van der Waals surface area contributed by atoms with Crippen molar-refractivity contribution in [1.82, 2.24) is 30.0 Å². The minimum Gasteiger partial charge on any atom is -0.348 e. The second-order valence-corrected chi connectivity index (χ2v) is 8.21. The Kier molecular flexibility index (Phi) is 5.19. The molecule has 1 fully saturated rings. The summed E-state index contributed by atoms with van der Waals surface area (Å²) in [6.45, 7) is 7.96. The van der Waals surface area contributed by atoms with Gasteiger partial charge in [0.05, 0.1) is 23.3 Å². The molecule has 0 bridgehead atoms. The molecule has 0 aliphatic carbocycles. The van der Waals surface area contributed by atoms with Gasteiger partial charge in [-0.15, -0.1) is 0 Å². The van der Waals surface area contributed by atoms with Crippen LogP contribution in [0.2, 0.25) is 0 Å². The van der Waals surface area contributed by atoms with Crippen LogP contribution in [0.25, 0.3) is 0 Å². The van der Waals surface area contributed by atoms with E-state index in [0.717, 1.165) is 47.6 Å². The van der Waals surface area contributed by atoms with Crippen molar-refractivity contribution < 1.29 is 9.59 Å². The lowest BCUT2D eigenvalue weighted by atomic mass is 9.78. The predicted octanol–water partition coefficient (Wildman–Crippen LogP) is 1.99. The molecule has 29 heavy (non-hydrogen) atoms. The molecule has 0 radical (unpaired) electrons. The standard InChI is InChI=1S/C21H30N6O2/c1-4-18(28)27-10-7-17-20(23-13-22-17)21(27)8-11-26(12-9-21)19(29)6-5-16-14(2)15(3)24-25-16/h13H,4-12H2,1-3H3,(H,22,23)(H,24,25). The number of aromatic nitrogens is 4. The number of aromatic amines is 2. The maximum Gasteiger partial charge on any atom is 0.223 e. The lowest BCUT2D eigenvalue weighted by Crippen LogP contribution is -2.58. The summed E-state index contributed by atoms with van der Waals surface area (Å²) >= 11 is 0. The molecule has 2 aliphatic heterocycles. The topological polar surface area (TPSA) is 98.0 Å². The van der Waals surface area contributed by atoms with Gasteiger partial charge in [0.25, 0.3) is 0 Å². The minimum atomic E-state index is -0.382. The smallest absolute Gasteiger partial charge is 0.223 e. The second kappa shape index (κ2) is 7.65. The van der Waals surface area contributed by atoms with Gasteiger partial charge in [0.2, 0.25) is 11.8 Å². The molecule has 2 aliphatic rings. The number of likely N-dealkylation sites (tertiary alicyclic amines) is 1. The normalized spacial score (nSPS) is 18.2. The van der Waals surface area contributed by atoms with Gasteiger partial charge in [0, 0.05) is 56.7 Å². The van der Waals surface area contributed by atoms with E-state index in [-0.39, 0.29) is 17.4 Å². The van der Waals surface area contributed by atoms with Crippen molar-refractivity contribution in [3.63, 3.8) is 0 Å². The number of carbonyl (C=O) groups excluding carboxylic acids is 2. The first-order valence-electron chi connectivity index (χ1n) is 10.6. The summed E-state index contributed by atoms with van der Waals surface area (Å²) in [6, 6.07) is 0. The number of fused-ring (bicyclic) bond motifs is 2. The van der Waals surface area contributed by atoms with Crippen LogP contribution in [0.3, 0.4) is 0 Å². The molecule has 2 aromatic heterocycles. The highest BCUT2D eigenvalue weighted by molar-refractivity contribution is 5.78. The van der Waals surface area contributed by atoms with E-state index in [4.69, 9.17) is 0 Å². The van der Waals surface area contributed by atoms with Crippen molar-refractivity contribution in [2.45, 2.75) is 64.8 Å². The summed E-state index contributed by atoms with van der Waals surface area (Å²) in [5.74, 6) is 0.328. The van der Waals surface area contributed by atoms with Gasteiger partial charge in [-0.2, -0.15) is 5.10 Å². The summed E-state index contributed by atoms with van der Waals surface area (Å²) < 4.78 is 0. The number of nitrogens with zero attached hydrogens (tertiary/aromatic N) is 4. The Morgan fingerprint density at radius 1 is 1.17 bits per heavy atom. The van der Waals surface area contributed by atoms with Crippen LogP contribution in [0.15, 0.2) is 6.33 Å². The van der Waals surface area contributed by atoms with E-state index in [9.17, 15) is 9.59 Å². The fourth-order valence-corrected chi connectivity index (χ4v) is 4.83. The van der Waals surface area contributed by atoms with Gasteiger partial charge < -0.3 is 14.8 Å². The average Bonchev–Trinajstić information content (AvgIpc) is 3.34. The van der Waals surface area contributed by atoms with E-state index in [1.54, 1.807) is 6.33 Å². The minimum absolute atomic E-state index is 0.159. The van der Waals surface area contributed by atoms with Crippen molar-refractivity contribution in [2.24, 2.45) is 0 Å². The molecule has 4 heterocycles. The molecule has 8 nitrogen and oxygen atoms in total. The molecule has 4 rings (SSSR count). The molecule has 0 unspecified atom stereocenters. The number of aryl methyl sites for hydroxylation is 2. The Balaban J connectivity index is 1.45. The molecular formula is C21H30N6O2. The van der Waals surface area contributed by atoms with Gasteiger partial charge in [0.1, 0.15) is 0 Å². The van der Waals surface area contributed by atoms with Gasteiger partial charge in [-0.3, -0.25) is 14.7 Å². The zero-order valence-corrected chi connectivity index (χ0v) is 17.5. The third kappa shape index (κ3) is 3.34. The highest BCUT2D eigenvalue weighted by Crippen LogP contribution is 2.42. The fourth-order valence-electron chi connectivity index (χ4n) is 4.83. The van der Waals surface area contributed by atoms with E-state index < -0.39 is 0 Å². The van der Waals surface area contributed by atoms with Crippen LogP contribution in [0.4, 0.5) is 0 Å².